The highest BCUT2D eigenvalue weighted by Crippen LogP contribution is 2.29. The Labute approximate surface area is 126 Å². The van der Waals surface area contributed by atoms with E-state index in [2.05, 4.69) is 5.32 Å². The van der Waals surface area contributed by atoms with Crippen molar-refractivity contribution in [2.45, 2.75) is 69.4 Å². The first-order valence-electron chi connectivity index (χ1n) is 7.43. The van der Waals surface area contributed by atoms with Gasteiger partial charge in [-0.1, -0.05) is 33.1 Å². The fourth-order valence-electron chi connectivity index (χ4n) is 2.79. The van der Waals surface area contributed by atoms with E-state index in [1.807, 2.05) is 0 Å². The number of aliphatic carboxylic acids is 1. The van der Waals surface area contributed by atoms with Crippen molar-refractivity contribution in [2.75, 3.05) is 0 Å². The van der Waals surface area contributed by atoms with Crippen molar-refractivity contribution >= 4 is 21.7 Å². The van der Waals surface area contributed by atoms with Gasteiger partial charge in [0.1, 0.15) is 11.3 Å². The lowest BCUT2D eigenvalue weighted by atomic mass is 10.0. The Bertz CT molecular complexity index is 480. The average molecular weight is 319 g/mol. The van der Waals surface area contributed by atoms with Crippen LogP contribution in [0.4, 0.5) is 0 Å². The second-order valence-electron chi connectivity index (χ2n) is 6.08. The van der Waals surface area contributed by atoms with Gasteiger partial charge in [0.15, 0.2) is 9.84 Å². The fourth-order valence-corrected chi connectivity index (χ4v) is 5.32. The number of carboxylic acids is 1. The summed E-state index contributed by atoms with van der Waals surface area (Å²) in [6.45, 7) is 4.68. The van der Waals surface area contributed by atoms with Gasteiger partial charge in [-0.15, -0.1) is 0 Å². The van der Waals surface area contributed by atoms with E-state index in [1.165, 1.54) is 6.92 Å². The molecule has 1 rings (SSSR count). The average Bonchev–Trinajstić information content (AvgIpc) is 2.38. The molecule has 0 bridgehead atoms. The first-order chi connectivity index (χ1) is 9.67. The zero-order valence-corrected chi connectivity index (χ0v) is 13.6. The molecular weight excluding hydrogens is 294 g/mol. The van der Waals surface area contributed by atoms with E-state index in [0.29, 0.717) is 12.8 Å². The second kappa shape index (κ2) is 7.24. The largest absolute Gasteiger partial charge is 0.480 e. The third kappa shape index (κ3) is 4.43. The first-order valence-corrected chi connectivity index (χ1v) is 9.04. The van der Waals surface area contributed by atoms with Crippen LogP contribution in [0.15, 0.2) is 0 Å². The predicted octanol–water partition coefficient (Wildman–Crippen LogP) is 1.35. The molecule has 0 aliphatic heterocycles. The summed E-state index contributed by atoms with van der Waals surface area (Å²) in [5.74, 6) is -2.27. The highest BCUT2D eigenvalue weighted by molar-refractivity contribution is 7.93. The molecule has 6 nitrogen and oxygen atoms in total. The van der Waals surface area contributed by atoms with Gasteiger partial charge in [-0.3, -0.25) is 9.59 Å². The Balaban J connectivity index is 2.94. The van der Waals surface area contributed by atoms with Crippen LogP contribution in [-0.2, 0) is 19.4 Å². The van der Waals surface area contributed by atoms with Gasteiger partial charge in [-0.05, 0) is 25.7 Å². The molecule has 1 amide bonds. The molecule has 2 atom stereocenters. The SMILES string of the molecule is CC(C)C(C(=O)N[C@H](C)C(=O)O)S(=O)(=O)C1CCCCC1. The van der Waals surface area contributed by atoms with Crippen molar-refractivity contribution in [3.63, 3.8) is 0 Å². The van der Waals surface area contributed by atoms with Gasteiger partial charge in [-0.2, -0.15) is 0 Å². The quantitative estimate of drug-likeness (QED) is 0.769. The van der Waals surface area contributed by atoms with Gasteiger partial charge in [-0.25, -0.2) is 8.42 Å². The maximum atomic E-state index is 12.7. The van der Waals surface area contributed by atoms with E-state index >= 15 is 0 Å². The monoisotopic (exact) mass is 319 g/mol. The summed E-state index contributed by atoms with van der Waals surface area (Å²) in [6, 6.07) is -1.10. The minimum atomic E-state index is -3.60. The predicted molar refractivity (Wildman–Crippen MR) is 79.7 cm³/mol. The number of carboxylic acid groups (broad SMARTS) is 1. The minimum absolute atomic E-state index is 0.391. The van der Waals surface area contributed by atoms with Crippen LogP contribution < -0.4 is 5.32 Å². The molecule has 1 fully saturated rings. The van der Waals surface area contributed by atoms with Crippen molar-refractivity contribution in [2.24, 2.45) is 5.92 Å². The fraction of sp³-hybridized carbons (Fsp3) is 0.857. The molecule has 1 unspecified atom stereocenters. The van der Waals surface area contributed by atoms with E-state index in [4.69, 9.17) is 5.11 Å². The Hall–Kier alpha value is -1.11. The van der Waals surface area contributed by atoms with Gasteiger partial charge >= 0.3 is 5.97 Å². The summed E-state index contributed by atoms with van der Waals surface area (Å²) in [5, 5.41) is 9.47. The third-order valence-corrected chi connectivity index (χ3v) is 6.83. The Morgan fingerprint density at radius 2 is 1.62 bits per heavy atom. The summed E-state index contributed by atoms with van der Waals surface area (Å²) < 4.78 is 25.4. The number of rotatable bonds is 6. The number of amides is 1. The summed E-state index contributed by atoms with van der Waals surface area (Å²) in [4.78, 5) is 23.0. The van der Waals surface area contributed by atoms with Gasteiger partial charge in [0.25, 0.3) is 0 Å². The summed E-state index contributed by atoms with van der Waals surface area (Å²) in [5.41, 5.74) is 0. The van der Waals surface area contributed by atoms with E-state index in [-0.39, 0.29) is 0 Å². The van der Waals surface area contributed by atoms with Gasteiger partial charge in [0.05, 0.1) is 5.25 Å². The molecule has 0 radical (unpaired) electrons. The van der Waals surface area contributed by atoms with E-state index in [1.54, 1.807) is 13.8 Å². The lowest BCUT2D eigenvalue weighted by Gasteiger charge is -2.29. The van der Waals surface area contributed by atoms with Crippen molar-refractivity contribution in [3.8, 4) is 0 Å². The molecule has 1 aliphatic carbocycles. The normalized spacial score (nSPS) is 20.0. The number of nitrogens with one attached hydrogen (secondary N) is 1. The van der Waals surface area contributed by atoms with E-state index < -0.39 is 44.2 Å². The van der Waals surface area contributed by atoms with Gasteiger partial charge in [0.2, 0.25) is 5.91 Å². The Morgan fingerprint density at radius 1 is 1.10 bits per heavy atom. The second-order valence-corrected chi connectivity index (χ2v) is 8.43. The molecule has 2 N–H and O–H groups in total. The van der Waals surface area contributed by atoms with Crippen LogP contribution in [0.5, 0.6) is 0 Å². The lowest BCUT2D eigenvalue weighted by Crippen LogP contribution is -2.51. The van der Waals surface area contributed by atoms with Crippen molar-refractivity contribution < 1.29 is 23.1 Å². The highest BCUT2D eigenvalue weighted by Gasteiger charge is 2.41. The van der Waals surface area contributed by atoms with Crippen LogP contribution in [0.25, 0.3) is 0 Å². The molecule has 21 heavy (non-hydrogen) atoms. The van der Waals surface area contributed by atoms with Crippen LogP contribution in [-0.4, -0.2) is 41.9 Å². The van der Waals surface area contributed by atoms with Crippen LogP contribution in [0.2, 0.25) is 0 Å². The molecule has 1 saturated carbocycles. The summed E-state index contributed by atoms with van der Waals surface area (Å²) in [6.07, 6.45) is 3.94. The standard InChI is InChI=1S/C14H25NO5S/c1-9(2)12(13(16)15-10(3)14(17)18)21(19,20)11-7-5-4-6-8-11/h9-12H,4-8H2,1-3H3,(H,15,16)(H,17,18)/t10-,12?/m1/s1. The number of carbonyl (C=O) groups is 2. The molecule has 0 heterocycles. The molecule has 0 aromatic carbocycles. The number of hydrogen-bond donors (Lipinski definition) is 2. The van der Waals surface area contributed by atoms with Crippen LogP contribution in [0, 0.1) is 5.92 Å². The van der Waals surface area contributed by atoms with Gasteiger partial charge < -0.3 is 10.4 Å². The summed E-state index contributed by atoms with van der Waals surface area (Å²) in [7, 11) is -3.60. The molecular formula is C14H25NO5S. The van der Waals surface area contributed by atoms with Crippen LogP contribution in [0.3, 0.4) is 0 Å². The molecule has 122 valence electrons. The third-order valence-electron chi connectivity index (χ3n) is 3.96. The maximum Gasteiger partial charge on any atom is 0.325 e. The molecule has 0 spiro atoms. The smallest absolute Gasteiger partial charge is 0.325 e. The lowest BCUT2D eigenvalue weighted by molar-refractivity contribution is -0.141. The molecule has 0 aromatic rings. The zero-order valence-electron chi connectivity index (χ0n) is 12.8. The highest BCUT2D eigenvalue weighted by atomic mass is 32.2. The van der Waals surface area contributed by atoms with Crippen LogP contribution in [0.1, 0.15) is 52.9 Å². The Kier molecular flexibility index (Phi) is 6.19. The zero-order chi connectivity index (χ0) is 16.2. The molecule has 0 saturated heterocycles. The minimum Gasteiger partial charge on any atom is -0.480 e. The maximum absolute atomic E-state index is 12.7. The summed E-state index contributed by atoms with van der Waals surface area (Å²) >= 11 is 0. The number of carbonyl (C=O) groups excluding carboxylic acids is 1. The van der Waals surface area contributed by atoms with Gasteiger partial charge in [0, 0.05) is 0 Å². The number of hydrogen-bond acceptors (Lipinski definition) is 4. The van der Waals surface area contributed by atoms with Crippen LogP contribution >= 0.6 is 0 Å². The Morgan fingerprint density at radius 3 is 2.05 bits per heavy atom. The van der Waals surface area contributed by atoms with E-state index in [9.17, 15) is 18.0 Å². The molecule has 0 aromatic heterocycles. The van der Waals surface area contributed by atoms with Crippen molar-refractivity contribution in [1.29, 1.82) is 0 Å². The topological polar surface area (TPSA) is 101 Å². The number of sulfone groups is 1. The molecule has 1 aliphatic rings. The van der Waals surface area contributed by atoms with Crippen molar-refractivity contribution in [1.82, 2.24) is 5.32 Å². The van der Waals surface area contributed by atoms with E-state index in [0.717, 1.165) is 19.3 Å². The first kappa shape index (κ1) is 17.9. The molecule has 7 heteroatoms. The van der Waals surface area contributed by atoms with Crippen molar-refractivity contribution in [3.05, 3.63) is 0 Å².